The van der Waals surface area contributed by atoms with E-state index in [1.54, 1.807) is 42.5 Å². The molecular formula is C53H69F3N8O11. The van der Waals surface area contributed by atoms with E-state index in [2.05, 4.69) is 21.3 Å². The largest absolute Gasteiger partial charge is 0.490 e. The second-order valence-electron chi connectivity index (χ2n) is 19.8. The zero-order valence-electron chi connectivity index (χ0n) is 43.3. The van der Waals surface area contributed by atoms with E-state index in [0.717, 1.165) is 10.5 Å². The van der Waals surface area contributed by atoms with Crippen LogP contribution in [0.3, 0.4) is 0 Å². The van der Waals surface area contributed by atoms with Crippen molar-refractivity contribution in [1.82, 2.24) is 25.8 Å². The van der Waals surface area contributed by atoms with Gasteiger partial charge in [-0.15, -0.1) is 0 Å². The van der Waals surface area contributed by atoms with E-state index < -0.39 is 84.3 Å². The average Bonchev–Trinajstić information content (AvgIpc) is 3.84. The summed E-state index contributed by atoms with van der Waals surface area (Å²) in [7, 11) is 0. The average molecular weight is 1050 g/mol. The van der Waals surface area contributed by atoms with Crippen molar-refractivity contribution in [3.8, 4) is 5.75 Å². The van der Waals surface area contributed by atoms with Crippen LogP contribution >= 0.6 is 0 Å². The van der Waals surface area contributed by atoms with Crippen LogP contribution in [0.1, 0.15) is 124 Å². The van der Waals surface area contributed by atoms with Gasteiger partial charge in [0.05, 0.1) is 24.2 Å². The molecule has 0 unspecified atom stereocenters. The normalized spacial score (nSPS) is 15.7. The molecular weight excluding hydrogens is 982 g/mol. The maximum Gasteiger partial charge on any atom is 0.490 e. The number of hydrogen-bond donors (Lipinski definition) is 7. The number of amides is 6. The van der Waals surface area contributed by atoms with E-state index in [-0.39, 0.29) is 86.0 Å². The molecule has 1 aliphatic heterocycles. The predicted octanol–water partition coefficient (Wildman–Crippen LogP) is 4.27. The lowest BCUT2D eigenvalue weighted by Gasteiger charge is -2.33. The summed E-state index contributed by atoms with van der Waals surface area (Å²) in [6.07, 6.45) is -2.78. The SMILES string of the molecule is CCC[C@H](NC(=O)[C@@H](N)Cc1ccc(OC(C)(C)C)cc1)C(=O)NCC(=O)N[C@@H](CC(C)C)C(=O)N1CCC[C@H]1C(=O)N(CCCNc1cccc2c1C(=O)c1ccccc1C2=O)C(=O)[C@H](C)N.O=C(O)C(F)(F)F. The lowest BCUT2D eigenvalue weighted by Crippen LogP contribution is -2.57. The van der Waals surface area contributed by atoms with Crippen LogP contribution in [-0.4, -0.2) is 136 Å². The molecule has 75 heavy (non-hydrogen) atoms. The molecule has 0 spiro atoms. The van der Waals surface area contributed by atoms with Gasteiger partial charge in [0.25, 0.3) is 5.91 Å². The predicted molar refractivity (Wildman–Crippen MR) is 271 cm³/mol. The number of ketones is 2. The van der Waals surface area contributed by atoms with Gasteiger partial charge < -0.3 is 47.5 Å². The Hall–Kier alpha value is -7.20. The quantitative estimate of drug-likeness (QED) is 0.0574. The van der Waals surface area contributed by atoms with Crippen LogP contribution in [0.25, 0.3) is 0 Å². The maximum atomic E-state index is 14.3. The van der Waals surface area contributed by atoms with E-state index >= 15 is 0 Å². The zero-order valence-corrected chi connectivity index (χ0v) is 43.3. The molecule has 22 heteroatoms. The molecule has 5 atom stereocenters. The minimum atomic E-state index is -5.08. The fraction of sp³-hybridized carbons (Fsp3) is 0.491. The van der Waals surface area contributed by atoms with Crippen LogP contribution in [0, 0.1) is 5.92 Å². The molecule has 0 saturated carbocycles. The van der Waals surface area contributed by atoms with Crippen molar-refractivity contribution in [3.05, 3.63) is 94.5 Å². The molecule has 2 aliphatic rings. The molecule has 1 heterocycles. The number of halogens is 3. The number of carboxylic acid groups (broad SMARTS) is 1. The van der Waals surface area contributed by atoms with E-state index in [4.69, 9.17) is 26.1 Å². The summed E-state index contributed by atoms with van der Waals surface area (Å²) in [6.45, 7) is 12.8. The molecule has 3 aromatic carbocycles. The van der Waals surface area contributed by atoms with Gasteiger partial charge in [0.1, 0.15) is 29.5 Å². The number of likely N-dealkylation sites (tertiary alicyclic amines) is 1. The number of fused-ring (bicyclic) bond motifs is 2. The number of ether oxygens (including phenoxy) is 1. The Balaban J connectivity index is 0.00000162. The Morgan fingerprint density at radius 3 is 2.03 bits per heavy atom. The van der Waals surface area contributed by atoms with Crippen molar-refractivity contribution in [3.63, 3.8) is 0 Å². The van der Waals surface area contributed by atoms with E-state index in [0.29, 0.717) is 35.4 Å². The molecule has 408 valence electrons. The van der Waals surface area contributed by atoms with Crippen LogP contribution < -0.4 is 37.5 Å². The van der Waals surface area contributed by atoms with Gasteiger partial charge in [-0.3, -0.25) is 43.3 Å². The van der Waals surface area contributed by atoms with Gasteiger partial charge >= 0.3 is 12.1 Å². The summed E-state index contributed by atoms with van der Waals surface area (Å²) in [6, 6.07) is 13.9. The van der Waals surface area contributed by atoms with Gasteiger partial charge in [0.15, 0.2) is 11.6 Å². The Bertz CT molecular complexity index is 2560. The molecule has 1 aliphatic carbocycles. The Labute approximate surface area is 434 Å². The fourth-order valence-electron chi connectivity index (χ4n) is 8.45. The summed E-state index contributed by atoms with van der Waals surface area (Å²) in [4.78, 5) is 120. The number of rotatable bonds is 21. The number of carbonyl (C=O) groups is 9. The number of benzene rings is 3. The Morgan fingerprint density at radius 1 is 0.840 bits per heavy atom. The summed E-state index contributed by atoms with van der Waals surface area (Å²) in [5.41, 5.74) is 14.4. The number of aliphatic carboxylic acids is 1. The van der Waals surface area contributed by atoms with E-state index in [1.807, 2.05) is 65.8 Å². The van der Waals surface area contributed by atoms with Crippen molar-refractivity contribution >= 4 is 58.7 Å². The second-order valence-corrected chi connectivity index (χ2v) is 19.8. The highest BCUT2D eigenvalue weighted by molar-refractivity contribution is 6.30. The topological polar surface area (TPSA) is 290 Å². The third-order valence-corrected chi connectivity index (χ3v) is 11.9. The summed E-state index contributed by atoms with van der Waals surface area (Å²) in [5, 5.41) is 18.4. The standard InChI is InChI=1S/C51H68N8O9.C2HF3O2/c1-8-14-39(57-46(63)37(53)28-32-20-22-33(23-21-32)68-51(5,6)7)47(64)55-29-42(60)56-40(27-30(2)3)49(66)58-25-12-19-41(58)50(67)59(48(65)31(4)52)26-13-24-54-38-18-11-17-36-43(38)45(62)35-16-10-9-15-34(35)44(36)61;3-2(4,5)1(6)7/h9-11,15-18,20-23,30-31,37,39-41,54H,8,12-14,19,24-29,52-53H2,1-7H3,(H,55,64)(H,56,60)(H,57,63);(H,6,7)/t31-,37-,39-,40-,41-;/m0./s1. The van der Waals surface area contributed by atoms with Crippen LogP contribution in [0.2, 0.25) is 0 Å². The Kier molecular flexibility index (Phi) is 21.6. The van der Waals surface area contributed by atoms with Crippen LogP contribution in [0.15, 0.2) is 66.7 Å². The number of imide groups is 1. The maximum absolute atomic E-state index is 14.3. The van der Waals surface area contributed by atoms with Gasteiger partial charge in [-0.05, 0) is 95.9 Å². The molecule has 0 bridgehead atoms. The molecule has 6 amide bonds. The van der Waals surface area contributed by atoms with Crippen molar-refractivity contribution in [2.75, 3.05) is 31.5 Å². The number of nitrogens with two attached hydrogens (primary N) is 2. The van der Waals surface area contributed by atoms with Gasteiger partial charge in [-0.1, -0.05) is 75.7 Å². The lowest BCUT2D eigenvalue weighted by molar-refractivity contribution is -0.192. The van der Waals surface area contributed by atoms with Crippen LogP contribution in [0.5, 0.6) is 5.75 Å². The highest BCUT2D eigenvalue weighted by Gasteiger charge is 2.42. The first-order valence-corrected chi connectivity index (χ1v) is 24.8. The molecule has 1 saturated heterocycles. The number of nitrogens with zero attached hydrogens (tertiary/aromatic N) is 2. The first-order chi connectivity index (χ1) is 35.1. The van der Waals surface area contributed by atoms with E-state index in [9.17, 15) is 51.5 Å². The number of alkyl halides is 3. The van der Waals surface area contributed by atoms with Crippen molar-refractivity contribution in [1.29, 1.82) is 0 Å². The number of nitrogens with one attached hydrogen (secondary N) is 4. The van der Waals surface area contributed by atoms with Crippen molar-refractivity contribution in [2.45, 2.75) is 135 Å². The zero-order chi connectivity index (χ0) is 55.9. The number of carbonyl (C=O) groups excluding carboxylic acids is 8. The van der Waals surface area contributed by atoms with Crippen molar-refractivity contribution in [2.24, 2.45) is 17.4 Å². The third-order valence-electron chi connectivity index (χ3n) is 11.9. The highest BCUT2D eigenvalue weighted by atomic mass is 19.4. The number of hydrogen-bond acceptors (Lipinski definition) is 13. The highest BCUT2D eigenvalue weighted by Crippen LogP contribution is 2.32. The number of anilines is 1. The van der Waals surface area contributed by atoms with Crippen LogP contribution in [-0.2, 0) is 40.0 Å². The van der Waals surface area contributed by atoms with Gasteiger partial charge in [0.2, 0.25) is 29.5 Å². The van der Waals surface area contributed by atoms with E-state index in [1.165, 1.54) is 11.8 Å². The molecule has 19 nitrogen and oxygen atoms in total. The summed E-state index contributed by atoms with van der Waals surface area (Å²) >= 11 is 0. The number of carboxylic acids is 1. The van der Waals surface area contributed by atoms with Gasteiger partial charge in [-0.25, -0.2) is 4.79 Å². The lowest BCUT2D eigenvalue weighted by atomic mass is 9.83. The summed E-state index contributed by atoms with van der Waals surface area (Å²) < 4.78 is 37.6. The monoisotopic (exact) mass is 1050 g/mol. The molecule has 5 rings (SSSR count). The molecule has 0 aromatic heterocycles. The van der Waals surface area contributed by atoms with Crippen molar-refractivity contribution < 1.29 is 66.2 Å². The summed E-state index contributed by atoms with van der Waals surface area (Å²) in [5.74, 6) is -6.14. The molecule has 3 aromatic rings. The first-order valence-electron chi connectivity index (χ1n) is 24.8. The minimum absolute atomic E-state index is 0.0474. The fourth-order valence-corrected chi connectivity index (χ4v) is 8.45. The molecule has 9 N–H and O–H groups in total. The third kappa shape index (κ3) is 17.2. The van der Waals surface area contributed by atoms with Gasteiger partial charge in [-0.2, -0.15) is 13.2 Å². The molecule has 1 fully saturated rings. The first kappa shape index (κ1) is 60.4. The van der Waals surface area contributed by atoms with Crippen LogP contribution in [0.4, 0.5) is 18.9 Å². The Morgan fingerprint density at radius 2 is 1.45 bits per heavy atom. The van der Waals surface area contributed by atoms with Gasteiger partial charge in [0, 0.05) is 42.0 Å². The second kappa shape index (κ2) is 26.8. The smallest absolute Gasteiger partial charge is 0.488 e. The molecule has 0 radical (unpaired) electrons. The minimum Gasteiger partial charge on any atom is -0.488 e.